The first-order chi connectivity index (χ1) is 13.2. The third kappa shape index (κ3) is 3.88. The molecule has 27 heavy (non-hydrogen) atoms. The molecule has 0 bridgehead atoms. The molecule has 3 heterocycles. The van der Waals surface area contributed by atoms with Gasteiger partial charge in [-0.2, -0.15) is 0 Å². The topological polar surface area (TPSA) is 60.1 Å². The Labute approximate surface area is 161 Å². The Morgan fingerprint density at radius 1 is 1.15 bits per heavy atom. The molecule has 0 aliphatic carbocycles. The Morgan fingerprint density at radius 3 is 2.89 bits per heavy atom. The largest absolute Gasteiger partial charge is 0.463 e. The van der Waals surface area contributed by atoms with Gasteiger partial charge in [0.2, 0.25) is 0 Å². The van der Waals surface area contributed by atoms with Gasteiger partial charge in [0.15, 0.2) is 5.58 Å². The fourth-order valence-electron chi connectivity index (χ4n) is 3.09. The summed E-state index contributed by atoms with van der Waals surface area (Å²) in [6, 6.07) is 17.0. The molecule has 0 radical (unpaired) electrons. The minimum Gasteiger partial charge on any atom is -0.463 e. The first-order valence-electron chi connectivity index (χ1n) is 8.70. The molecule has 0 saturated carbocycles. The van der Waals surface area contributed by atoms with Gasteiger partial charge in [-0.15, -0.1) is 0 Å². The van der Waals surface area contributed by atoms with Crippen molar-refractivity contribution < 1.29 is 9.21 Å². The molecule has 0 saturated heterocycles. The molecule has 0 spiro atoms. The van der Waals surface area contributed by atoms with E-state index in [9.17, 15) is 4.79 Å². The second-order valence-corrected chi connectivity index (χ2v) is 6.68. The number of halogens is 1. The number of hydrogen-bond acceptors (Lipinski definition) is 3. The van der Waals surface area contributed by atoms with Crippen molar-refractivity contribution in [2.24, 2.45) is 0 Å². The Kier molecular flexibility index (Phi) is 4.94. The third-order valence-electron chi connectivity index (χ3n) is 4.38. The Bertz CT molecular complexity index is 1070. The van der Waals surface area contributed by atoms with Gasteiger partial charge >= 0.3 is 0 Å². The van der Waals surface area contributed by atoms with Crippen LogP contribution in [-0.2, 0) is 13.0 Å². The molecule has 0 atom stereocenters. The van der Waals surface area contributed by atoms with E-state index in [0.29, 0.717) is 35.8 Å². The third-order valence-corrected chi connectivity index (χ3v) is 4.61. The zero-order valence-electron chi connectivity index (χ0n) is 14.6. The van der Waals surface area contributed by atoms with Crippen LogP contribution >= 0.6 is 11.6 Å². The van der Waals surface area contributed by atoms with Gasteiger partial charge < -0.3 is 14.3 Å². The first kappa shape index (κ1) is 17.4. The monoisotopic (exact) mass is 379 g/mol. The Hall–Kier alpha value is -3.05. The number of fused-ring (bicyclic) bond motifs is 1. The van der Waals surface area contributed by atoms with Crippen molar-refractivity contribution in [3.8, 4) is 0 Å². The SMILES string of the molecule is O=C(NCCc1ccccn1)c1cc2occc2n1Cc1cccc(Cl)c1. The average Bonchev–Trinajstić information content (AvgIpc) is 3.25. The van der Waals surface area contributed by atoms with Crippen molar-refractivity contribution in [2.75, 3.05) is 6.54 Å². The molecular formula is C21H18ClN3O2. The van der Waals surface area contributed by atoms with Gasteiger partial charge in [-0.25, -0.2) is 0 Å². The van der Waals surface area contributed by atoms with Crippen LogP contribution in [0.4, 0.5) is 0 Å². The van der Waals surface area contributed by atoms with Crippen LogP contribution in [0.15, 0.2) is 71.5 Å². The number of pyridine rings is 1. The Morgan fingerprint density at radius 2 is 2.07 bits per heavy atom. The van der Waals surface area contributed by atoms with Crippen molar-refractivity contribution in [1.29, 1.82) is 0 Å². The lowest BCUT2D eigenvalue weighted by molar-refractivity contribution is 0.0945. The van der Waals surface area contributed by atoms with Gasteiger partial charge in [0.25, 0.3) is 5.91 Å². The fourth-order valence-corrected chi connectivity index (χ4v) is 3.31. The normalized spacial score (nSPS) is 11.0. The molecule has 1 N–H and O–H groups in total. The van der Waals surface area contributed by atoms with Gasteiger partial charge in [0.05, 0.1) is 11.8 Å². The van der Waals surface area contributed by atoms with Gasteiger partial charge in [-0.1, -0.05) is 29.8 Å². The second kappa shape index (κ2) is 7.68. The number of benzene rings is 1. The van der Waals surface area contributed by atoms with E-state index in [1.807, 2.05) is 53.1 Å². The minimum absolute atomic E-state index is 0.139. The summed E-state index contributed by atoms with van der Waals surface area (Å²) in [4.78, 5) is 17.0. The number of hydrogen-bond donors (Lipinski definition) is 1. The number of nitrogens with one attached hydrogen (secondary N) is 1. The molecule has 0 fully saturated rings. The van der Waals surface area contributed by atoms with Gasteiger partial charge in [-0.05, 0) is 29.8 Å². The molecule has 136 valence electrons. The number of aromatic nitrogens is 2. The second-order valence-electron chi connectivity index (χ2n) is 6.24. The van der Waals surface area contributed by atoms with Crippen LogP contribution in [0.3, 0.4) is 0 Å². The van der Waals surface area contributed by atoms with Crippen LogP contribution in [0, 0.1) is 0 Å². The quantitative estimate of drug-likeness (QED) is 0.543. The number of carbonyl (C=O) groups excluding carboxylic acids is 1. The molecular weight excluding hydrogens is 362 g/mol. The molecule has 0 aliphatic heterocycles. The van der Waals surface area contributed by atoms with Crippen LogP contribution in [0.5, 0.6) is 0 Å². The molecule has 6 heteroatoms. The summed E-state index contributed by atoms with van der Waals surface area (Å²) in [5, 5.41) is 3.64. The van der Waals surface area contributed by atoms with Crippen molar-refractivity contribution in [3.63, 3.8) is 0 Å². The lowest BCUT2D eigenvalue weighted by atomic mass is 10.2. The number of furan rings is 1. The first-order valence-corrected chi connectivity index (χ1v) is 9.08. The molecule has 4 rings (SSSR count). The summed E-state index contributed by atoms with van der Waals surface area (Å²) in [6.07, 6.45) is 4.06. The summed E-state index contributed by atoms with van der Waals surface area (Å²) in [6.45, 7) is 1.05. The summed E-state index contributed by atoms with van der Waals surface area (Å²) < 4.78 is 7.43. The minimum atomic E-state index is -0.139. The molecule has 1 aromatic carbocycles. The predicted octanol–water partition coefficient (Wildman–Crippen LogP) is 4.30. The van der Waals surface area contributed by atoms with Crippen molar-refractivity contribution in [2.45, 2.75) is 13.0 Å². The van der Waals surface area contributed by atoms with E-state index in [4.69, 9.17) is 16.0 Å². The Balaban J connectivity index is 1.54. The smallest absolute Gasteiger partial charge is 0.268 e. The van der Waals surface area contributed by atoms with Gasteiger partial charge in [0, 0.05) is 48.6 Å². The zero-order chi connectivity index (χ0) is 18.6. The number of rotatable bonds is 6. The van der Waals surface area contributed by atoms with Crippen LogP contribution in [0.2, 0.25) is 5.02 Å². The number of amides is 1. The van der Waals surface area contributed by atoms with Crippen LogP contribution in [0.25, 0.3) is 11.1 Å². The molecule has 0 unspecified atom stereocenters. The van der Waals surface area contributed by atoms with Crippen molar-refractivity contribution in [1.82, 2.24) is 14.9 Å². The van der Waals surface area contributed by atoms with E-state index in [-0.39, 0.29) is 5.91 Å². The van der Waals surface area contributed by atoms with Crippen molar-refractivity contribution >= 4 is 28.6 Å². The zero-order valence-corrected chi connectivity index (χ0v) is 15.3. The van der Waals surface area contributed by atoms with Gasteiger partial charge in [-0.3, -0.25) is 9.78 Å². The maximum absolute atomic E-state index is 12.8. The summed E-state index contributed by atoms with van der Waals surface area (Å²) >= 11 is 6.10. The van der Waals surface area contributed by atoms with Crippen LogP contribution < -0.4 is 5.32 Å². The standard InChI is InChI=1S/C21H18ClN3O2/c22-16-5-3-4-15(12-16)14-25-18-8-11-27-20(18)13-19(25)21(26)24-10-7-17-6-1-2-9-23-17/h1-6,8-9,11-13H,7,10,14H2,(H,24,26). The average molecular weight is 380 g/mol. The van der Waals surface area contributed by atoms with Crippen molar-refractivity contribution in [3.05, 3.63) is 89.0 Å². The van der Waals surface area contributed by atoms with E-state index in [0.717, 1.165) is 16.8 Å². The summed E-state index contributed by atoms with van der Waals surface area (Å²) in [7, 11) is 0. The highest BCUT2D eigenvalue weighted by molar-refractivity contribution is 6.30. The molecule has 5 nitrogen and oxygen atoms in total. The van der Waals surface area contributed by atoms with E-state index >= 15 is 0 Å². The molecule has 4 aromatic rings. The summed E-state index contributed by atoms with van der Waals surface area (Å²) in [5.41, 5.74) is 4.09. The van der Waals surface area contributed by atoms with Crippen LogP contribution in [-0.4, -0.2) is 22.0 Å². The highest BCUT2D eigenvalue weighted by Crippen LogP contribution is 2.23. The van der Waals surface area contributed by atoms with E-state index in [1.165, 1.54) is 0 Å². The maximum Gasteiger partial charge on any atom is 0.268 e. The highest BCUT2D eigenvalue weighted by Gasteiger charge is 2.17. The maximum atomic E-state index is 12.8. The summed E-state index contributed by atoms with van der Waals surface area (Å²) in [5.74, 6) is -0.139. The lowest BCUT2D eigenvalue weighted by Gasteiger charge is -2.11. The molecule has 1 amide bonds. The van der Waals surface area contributed by atoms with E-state index in [2.05, 4.69) is 10.3 Å². The predicted molar refractivity (Wildman–Crippen MR) is 105 cm³/mol. The number of carbonyl (C=O) groups is 1. The fraction of sp³-hybridized carbons (Fsp3) is 0.143. The lowest BCUT2D eigenvalue weighted by Crippen LogP contribution is -2.28. The molecule has 3 aromatic heterocycles. The van der Waals surface area contributed by atoms with Gasteiger partial charge in [0.1, 0.15) is 5.69 Å². The van der Waals surface area contributed by atoms with E-state index < -0.39 is 0 Å². The van der Waals surface area contributed by atoms with Crippen LogP contribution in [0.1, 0.15) is 21.7 Å². The van der Waals surface area contributed by atoms with E-state index in [1.54, 1.807) is 18.5 Å². The highest BCUT2D eigenvalue weighted by atomic mass is 35.5. The number of nitrogens with zero attached hydrogens (tertiary/aromatic N) is 2. The molecule has 0 aliphatic rings.